The molecule has 7 nitrogen and oxygen atoms in total. The predicted octanol–water partition coefficient (Wildman–Crippen LogP) is 5.55. The Morgan fingerprint density at radius 1 is 0.905 bits per heavy atom. The molecule has 0 spiro atoms. The number of carbonyl (C=O) groups excluding carboxylic acids is 2. The summed E-state index contributed by atoms with van der Waals surface area (Å²) < 4.78 is 6.59. The minimum absolute atomic E-state index is 0.0122. The first-order valence-electron chi connectivity index (χ1n) is 15.3. The van der Waals surface area contributed by atoms with Crippen LogP contribution >= 0.6 is 23.2 Å². The topological polar surface area (TPSA) is 56.3 Å². The zero-order valence-corrected chi connectivity index (χ0v) is 26.5. The van der Waals surface area contributed by atoms with Gasteiger partial charge in [0.05, 0.1) is 23.2 Å². The fourth-order valence-electron chi connectivity index (χ4n) is 6.91. The van der Waals surface area contributed by atoms with Gasteiger partial charge >= 0.3 is 0 Å². The molecule has 0 radical (unpaired) electrons. The van der Waals surface area contributed by atoms with Crippen LogP contribution in [0.3, 0.4) is 0 Å². The molecule has 2 aromatic rings. The Hall–Kier alpha value is -2.16. The van der Waals surface area contributed by atoms with Crippen LogP contribution < -0.4 is 0 Å². The van der Waals surface area contributed by atoms with E-state index in [-0.39, 0.29) is 17.4 Å². The average molecular weight is 616 g/mol. The van der Waals surface area contributed by atoms with Gasteiger partial charge in [0.1, 0.15) is 5.60 Å². The van der Waals surface area contributed by atoms with Crippen molar-refractivity contribution in [3.05, 3.63) is 69.7 Å². The summed E-state index contributed by atoms with van der Waals surface area (Å²) in [6.45, 7) is 6.29. The van der Waals surface area contributed by atoms with Crippen LogP contribution in [0, 0.1) is 0 Å². The molecule has 1 atom stereocenters. The van der Waals surface area contributed by atoms with Crippen molar-refractivity contribution in [3.8, 4) is 0 Å². The fourth-order valence-corrected chi connectivity index (χ4v) is 7.21. The number of amides is 2. The molecular weight excluding hydrogens is 571 g/mol. The molecule has 0 aliphatic carbocycles. The van der Waals surface area contributed by atoms with Gasteiger partial charge in [0.25, 0.3) is 5.91 Å². The Labute approximate surface area is 260 Å². The number of halogens is 2. The lowest BCUT2D eigenvalue weighted by Crippen LogP contribution is -2.59. The summed E-state index contributed by atoms with van der Waals surface area (Å²) in [7, 11) is 3.72. The normalized spacial score (nSPS) is 23.5. The minimum atomic E-state index is -0.695. The molecule has 9 heteroatoms. The molecule has 0 aromatic heterocycles. The van der Waals surface area contributed by atoms with Crippen LogP contribution in [0.2, 0.25) is 10.0 Å². The number of hydrogen-bond donors (Lipinski definition) is 0. The van der Waals surface area contributed by atoms with Crippen molar-refractivity contribution in [2.24, 2.45) is 0 Å². The lowest BCUT2D eigenvalue weighted by molar-refractivity contribution is -0.134. The highest BCUT2D eigenvalue weighted by molar-refractivity contribution is 6.42. The van der Waals surface area contributed by atoms with Gasteiger partial charge in [-0.25, -0.2) is 0 Å². The summed E-state index contributed by atoms with van der Waals surface area (Å²) in [4.78, 5) is 35.2. The molecule has 0 saturated carbocycles. The Morgan fingerprint density at radius 3 is 2.29 bits per heavy atom. The third kappa shape index (κ3) is 6.97. The van der Waals surface area contributed by atoms with Gasteiger partial charge in [-0.1, -0.05) is 53.9 Å². The Morgan fingerprint density at radius 2 is 1.62 bits per heavy atom. The molecule has 3 saturated heterocycles. The van der Waals surface area contributed by atoms with Gasteiger partial charge in [-0.15, -0.1) is 0 Å². The molecule has 3 aliphatic rings. The number of likely N-dealkylation sites (tertiary alicyclic amines) is 2. The molecule has 0 bridgehead atoms. The van der Waals surface area contributed by atoms with Crippen LogP contribution in [0.15, 0.2) is 48.5 Å². The second-order valence-electron chi connectivity index (χ2n) is 12.4. The molecule has 5 rings (SSSR count). The molecule has 1 unspecified atom stereocenters. The first-order chi connectivity index (χ1) is 20.2. The molecule has 2 amide bonds. The Kier molecular flexibility index (Phi) is 10.2. The number of nitrogens with zero attached hydrogens (tertiary/aromatic N) is 4. The number of morpholine rings is 1. The van der Waals surface area contributed by atoms with Crippen LogP contribution in [0.4, 0.5) is 0 Å². The molecule has 42 heavy (non-hydrogen) atoms. The summed E-state index contributed by atoms with van der Waals surface area (Å²) in [6.07, 6.45) is 6.96. The first kappa shape index (κ1) is 31.3. The third-order valence-electron chi connectivity index (χ3n) is 9.56. The maximum Gasteiger partial charge on any atom is 0.254 e. The number of carbonyl (C=O) groups is 2. The standard InChI is InChI=1S/C33H44Cl2N4O3/c1-36(2)30(40)24-32(39-16-7-4-8-17-39)13-18-37(19-14-32)20-15-33(27-11-12-28(34)29(35)23-27)25-38(21-22-42-33)31(41)26-9-5-3-6-10-26/h3,5-6,9-12,23H,4,7-8,13-22,24-25H2,1-2H3. The quantitative estimate of drug-likeness (QED) is 0.390. The van der Waals surface area contributed by atoms with Crippen molar-refractivity contribution in [1.82, 2.24) is 19.6 Å². The summed E-state index contributed by atoms with van der Waals surface area (Å²) >= 11 is 12.8. The van der Waals surface area contributed by atoms with E-state index < -0.39 is 5.60 Å². The third-order valence-corrected chi connectivity index (χ3v) is 10.3. The zero-order chi connectivity index (χ0) is 29.7. The van der Waals surface area contributed by atoms with Crippen molar-refractivity contribution < 1.29 is 14.3 Å². The number of benzene rings is 2. The van der Waals surface area contributed by atoms with Crippen LogP contribution in [-0.2, 0) is 15.1 Å². The highest BCUT2D eigenvalue weighted by atomic mass is 35.5. The van der Waals surface area contributed by atoms with E-state index in [0.29, 0.717) is 41.7 Å². The molecule has 3 fully saturated rings. The van der Waals surface area contributed by atoms with Crippen LogP contribution in [0.25, 0.3) is 0 Å². The molecule has 0 N–H and O–H groups in total. The molecule has 3 heterocycles. The van der Waals surface area contributed by atoms with Gasteiger partial charge in [0, 0.05) is 44.7 Å². The van der Waals surface area contributed by atoms with E-state index >= 15 is 0 Å². The van der Waals surface area contributed by atoms with Gasteiger partial charge in [-0.3, -0.25) is 14.5 Å². The highest BCUT2D eigenvalue weighted by Gasteiger charge is 2.44. The predicted molar refractivity (Wildman–Crippen MR) is 168 cm³/mol. The van der Waals surface area contributed by atoms with E-state index in [1.54, 1.807) is 4.90 Å². The highest BCUT2D eigenvalue weighted by Crippen LogP contribution is 2.39. The fraction of sp³-hybridized carbons (Fsp3) is 0.576. The van der Waals surface area contributed by atoms with Crippen molar-refractivity contribution in [3.63, 3.8) is 0 Å². The number of hydrogen-bond acceptors (Lipinski definition) is 5. The van der Waals surface area contributed by atoms with E-state index in [1.165, 1.54) is 19.3 Å². The molecule has 228 valence electrons. The van der Waals surface area contributed by atoms with Gasteiger partial charge in [-0.2, -0.15) is 0 Å². The second-order valence-corrected chi connectivity index (χ2v) is 13.2. The lowest BCUT2D eigenvalue weighted by atomic mass is 9.80. The number of piperidine rings is 2. The lowest BCUT2D eigenvalue weighted by Gasteiger charge is -2.51. The Bertz CT molecular complexity index is 1230. The first-order valence-corrected chi connectivity index (χ1v) is 16.1. The molecular formula is C33H44Cl2N4O3. The van der Waals surface area contributed by atoms with E-state index in [9.17, 15) is 9.59 Å². The number of ether oxygens (including phenoxy) is 1. The monoisotopic (exact) mass is 614 g/mol. The number of rotatable bonds is 8. The van der Waals surface area contributed by atoms with Gasteiger partial charge in [-0.05, 0) is 88.1 Å². The van der Waals surface area contributed by atoms with Gasteiger partial charge in [0.15, 0.2) is 0 Å². The zero-order valence-electron chi connectivity index (χ0n) is 25.0. The van der Waals surface area contributed by atoms with E-state index in [4.69, 9.17) is 27.9 Å². The Balaban J connectivity index is 1.32. The smallest absolute Gasteiger partial charge is 0.254 e. The SMILES string of the molecule is CN(C)C(=O)CC1(N2CCCCC2)CCN(CCC2(c3ccc(Cl)c(Cl)c3)CN(C(=O)c3ccccc3)CCO2)CC1. The van der Waals surface area contributed by atoms with Crippen molar-refractivity contribution in [1.29, 1.82) is 0 Å². The largest absolute Gasteiger partial charge is 0.367 e. The summed E-state index contributed by atoms with van der Waals surface area (Å²) in [6, 6.07) is 15.1. The minimum Gasteiger partial charge on any atom is -0.367 e. The van der Waals surface area contributed by atoms with Crippen molar-refractivity contribution in [2.75, 3.05) is 66.5 Å². The van der Waals surface area contributed by atoms with Crippen molar-refractivity contribution in [2.45, 2.75) is 56.1 Å². The van der Waals surface area contributed by atoms with Crippen LogP contribution in [0.5, 0.6) is 0 Å². The maximum atomic E-state index is 13.5. The van der Waals surface area contributed by atoms with E-state index in [2.05, 4.69) is 9.80 Å². The maximum absolute atomic E-state index is 13.5. The summed E-state index contributed by atoms with van der Waals surface area (Å²) in [5.41, 5.74) is 0.859. The van der Waals surface area contributed by atoms with Crippen molar-refractivity contribution >= 4 is 35.0 Å². The molecule has 3 aliphatic heterocycles. The second kappa shape index (κ2) is 13.6. The summed E-state index contributed by atoms with van der Waals surface area (Å²) in [5.74, 6) is 0.226. The van der Waals surface area contributed by atoms with Crippen LogP contribution in [0.1, 0.15) is 60.9 Å². The van der Waals surface area contributed by atoms with E-state index in [0.717, 1.165) is 57.5 Å². The summed E-state index contributed by atoms with van der Waals surface area (Å²) in [5, 5.41) is 0.986. The van der Waals surface area contributed by atoms with Gasteiger partial charge in [0.2, 0.25) is 5.91 Å². The van der Waals surface area contributed by atoms with Crippen LogP contribution in [-0.4, -0.2) is 103 Å². The van der Waals surface area contributed by atoms with Gasteiger partial charge < -0.3 is 19.4 Å². The van der Waals surface area contributed by atoms with E-state index in [1.807, 2.05) is 67.5 Å². The average Bonchev–Trinajstić information content (AvgIpc) is 3.02. The molecule has 2 aromatic carbocycles.